The van der Waals surface area contributed by atoms with Crippen molar-refractivity contribution in [2.24, 2.45) is 5.92 Å². The second-order valence-electron chi connectivity index (χ2n) is 6.95. The molecule has 7 heteroatoms. The molecule has 0 fully saturated rings. The predicted octanol–water partition coefficient (Wildman–Crippen LogP) is 1.93. The molecule has 0 bridgehead atoms. The van der Waals surface area contributed by atoms with Crippen molar-refractivity contribution in [1.82, 2.24) is 25.2 Å². The molecule has 138 valence electrons. The number of nitrogens with zero attached hydrogens (tertiary/aromatic N) is 3. The number of fused-ring (bicyclic) bond motifs is 1. The lowest BCUT2D eigenvalue weighted by atomic mass is 10.1. The molecular formula is C19H25N5O2. The number of nitrogens with one attached hydrogen (secondary N) is 2. The Bertz CT molecular complexity index is 783. The predicted molar refractivity (Wildman–Crippen MR) is 97.7 cm³/mol. The molecule has 3 rings (SSSR count). The fraction of sp³-hybridized carbons (Fsp3) is 0.474. The van der Waals surface area contributed by atoms with Crippen LogP contribution in [0.5, 0.6) is 0 Å². The summed E-state index contributed by atoms with van der Waals surface area (Å²) in [5.74, 6) is 0.193. The van der Waals surface area contributed by atoms with E-state index >= 15 is 0 Å². The van der Waals surface area contributed by atoms with Crippen LogP contribution in [0.25, 0.3) is 0 Å². The van der Waals surface area contributed by atoms with Crippen LogP contribution < -0.4 is 10.6 Å². The summed E-state index contributed by atoms with van der Waals surface area (Å²) in [6.07, 6.45) is 4.45. The van der Waals surface area contributed by atoms with Gasteiger partial charge in [0.25, 0.3) is 11.8 Å². The van der Waals surface area contributed by atoms with E-state index in [1.165, 1.54) is 0 Å². The number of imidazole rings is 1. The van der Waals surface area contributed by atoms with E-state index in [0.29, 0.717) is 37.1 Å². The molecule has 0 atom stereocenters. The molecule has 0 saturated heterocycles. The van der Waals surface area contributed by atoms with E-state index in [1.54, 1.807) is 6.20 Å². The second-order valence-corrected chi connectivity index (χ2v) is 6.95. The van der Waals surface area contributed by atoms with Crippen molar-refractivity contribution >= 4 is 11.8 Å². The highest BCUT2D eigenvalue weighted by Crippen LogP contribution is 2.21. The molecule has 3 heterocycles. The summed E-state index contributed by atoms with van der Waals surface area (Å²) in [6.45, 7) is 5.72. The summed E-state index contributed by atoms with van der Waals surface area (Å²) in [4.78, 5) is 33.7. The lowest BCUT2D eigenvalue weighted by molar-refractivity contribution is 0.0934. The van der Waals surface area contributed by atoms with Gasteiger partial charge in [0.05, 0.1) is 17.9 Å². The van der Waals surface area contributed by atoms with E-state index in [2.05, 4.69) is 20.6 Å². The maximum atomic E-state index is 12.6. The molecule has 0 unspecified atom stereocenters. The monoisotopic (exact) mass is 355 g/mol. The Morgan fingerprint density at radius 1 is 1.19 bits per heavy atom. The molecule has 1 aliphatic heterocycles. The van der Waals surface area contributed by atoms with Gasteiger partial charge in [-0.2, -0.15) is 0 Å². The van der Waals surface area contributed by atoms with E-state index < -0.39 is 0 Å². The molecule has 26 heavy (non-hydrogen) atoms. The fourth-order valence-corrected chi connectivity index (χ4v) is 3.03. The zero-order valence-electron chi connectivity index (χ0n) is 15.3. The number of rotatable bonds is 6. The van der Waals surface area contributed by atoms with Crippen molar-refractivity contribution < 1.29 is 9.59 Å². The van der Waals surface area contributed by atoms with Crippen LogP contribution in [0.2, 0.25) is 0 Å². The Balaban J connectivity index is 1.78. The quantitative estimate of drug-likeness (QED) is 0.829. The first-order chi connectivity index (χ1) is 12.6. The van der Waals surface area contributed by atoms with Crippen molar-refractivity contribution in [2.45, 2.75) is 46.2 Å². The van der Waals surface area contributed by atoms with Crippen molar-refractivity contribution in [1.29, 1.82) is 0 Å². The molecule has 0 saturated carbocycles. The third-order valence-electron chi connectivity index (χ3n) is 4.36. The van der Waals surface area contributed by atoms with Crippen molar-refractivity contribution in [3.8, 4) is 0 Å². The summed E-state index contributed by atoms with van der Waals surface area (Å²) in [6, 6.07) is 5.56. The largest absolute Gasteiger partial charge is 0.350 e. The van der Waals surface area contributed by atoms with Crippen LogP contribution in [0, 0.1) is 5.92 Å². The van der Waals surface area contributed by atoms with Crippen molar-refractivity contribution in [3.63, 3.8) is 0 Å². The van der Waals surface area contributed by atoms with Gasteiger partial charge < -0.3 is 15.2 Å². The number of hydrogen-bond acceptors (Lipinski definition) is 4. The third kappa shape index (κ3) is 4.09. The number of carbonyl (C=O) groups is 2. The SMILES string of the molecule is CC(C)CNC(=O)c1nc(C(=O)NCc2ccccn2)n2c1CCCC2. The summed E-state index contributed by atoms with van der Waals surface area (Å²) in [5, 5.41) is 5.75. The van der Waals surface area contributed by atoms with Crippen LogP contribution in [0.1, 0.15) is 59.2 Å². The molecule has 2 amide bonds. The first kappa shape index (κ1) is 18.1. The van der Waals surface area contributed by atoms with Gasteiger partial charge in [0.15, 0.2) is 5.82 Å². The standard InChI is InChI=1S/C19H25N5O2/c1-13(2)11-21-18(25)16-15-8-4-6-10-24(15)17(23-16)19(26)22-12-14-7-3-5-9-20-14/h3,5,7,9,13H,4,6,8,10-12H2,1-2H3,(H,21,25)(H,22,26). The number of hydrogen-bond donors (Lipinski definition) is 2. The Labute approximate surface area is 153 Å². The topological polar surface area (TPSA) is 88.9 Å². The van der Waals surface area contributed by atoms with Crippen LogP contribution >= 0.6 is 0 Å². The van der Waals surface area contributed by atoms with Gasteiger partial charge in [-0.25, -0.2) is 4.98 Å². The van der Waals surface area contributed by atoms with Gasteiger partial charge in [-0.1, -0.05) is 19.9 Å². The van der Waals surface area contributed by atoms with E-state index in [9.17, 15) is 9.59 Å². The van der Waals surface area contributed by atoms with Crippen LogP contribution in [0.3, 0.4) is 0 Å². The van der Waals surface area contributed by atoms with Crippen molar-refractivity contribution in [2.75, 3.05) is 6.54 Å². The Morgan fingerprint density at radius 3 is 2.77 bits per heavy atom. The van der Waals surface area contributed by atoms with Gasteiger partial charge in [-0.15, -0.1) is 0 Å². The van der Waals surface area contributed by atoms with E-state index in [0.717, 1.165) is 30.7 Å². The highest BCUT2D eigenvalue weighted by Gasteiger charge is 2.27. The van der Waals surface area contributed by atoms with Crippen molar-refractivity contribution in [3.05, 3.63) is 47.3 Å². The number of aromatic nitrogens is 3. The Kier molecular flexibility index (Phi) is 5.65. The van der Waals surface area contributed by atoms with Crippen LogP contribution in [-0.4, -0.2) is 32.9 Å². The van der Waals surface area contributed by atoms with Gasteiger partial charge in [0.2, 0.25) is 0 Å². The molecule has 7 nitrogen and oxygen atoms in total. The molecule has 2 aromatic heterocycles. The minimum atomic E-state index is -0.276. The molecule has 0 aromatic carbocycles. The summed E-state index contributed by atoms with van der Waals surface area (Å²) in [5.41, 5.74) is 2.02. The number of carbonyl (C=O) groups excluding carboxylic acids is 2. The summed E-state index contributed by atoms with van der Waals surface area (Å²) in [7, 11) is 0. The number of amides is 2. The first-order valence-electron chi connectivity index (χ1n) is 9.12. The second kappa shape index (κ2) is 8.12. The van der Waals surface area contributed by atoms with Gasteiger partial charge >= 0.3 is 0 Å². The molecule has 2 aromatic rings. The zero-order chi connectivity index (χ0) is 18.5. The Morgan fingerprint density at radius 2 is 2.04 bits per heavy atom. The maximum absolute atomic E-state index is 12.6. The van der Waals surface area contributed by atoms with Gasteiger partial charge in [-0.05, 0) is 37.3 Å². The lowest BCUT2D eigenvalue weighted by Crippen LogP contribution is -2.29. The highest BCUT2D eigenvalue weighted by atomic mass is 16.2. The lowest BCUT2D eigenvalue weighted by Gasteiger charge is -2.17. The Hall–Kier alpha value is -2.70. The van der Waals surface area contributed by atoms with Crippen LogP contribution in [-0.2, 0) is 19.5 Å². The van der Waals surface area contributed by atoms with Gasteiger partial charge in [0.1, 0.15) is 5.69 Å². The number of pyridine rings is 1. The minimum absolute atomic E-state index is 0.201. The fourth-order valence-electron chi connectivity index (χ4n) is 3.03. The first-order valence-corrected chi connectivity index (χ1v) is 9.12. The average molecular weight is 355 g/mol. The zero-order valence-corrected chi connectivity index (χ0v) is 15.3. The highest BCUT2D eigenvalue weighted by molar-refractivity contribution is 5.97. The van der Waals surface area contributed by atoms with E-state index in [-0.39, 0.29) is 11.8 Å². The minimum Gasteiger partial charge on any atom is -0.350 e. The molecule has 0 aliphatic carbocycles. The van der Waals surface area contributed by atoms with Crippen LogP contribution in [0.4, 0.5) is 0 Å². The molecule has 0 spiro atoms. The molecule has 1 aliphatic rings. The molecular weight excluding hydrogens is 330 g/mol. The average Bonchev–Trinajstić information content (AvgIpc) is 3.05. The van der Waals surface area contributed by atoms with E-state index in [4.69, 9.17) is 0 Å². The van der Waals surface area contributed by atoms with E-state index in [1.807, 2.05) is 36.6 Å². The van der Waals surface area contributed by atoms with Crippen LogP contribution in [0.15, 0.2) is 24.4 Å². The van der Waals surface area contributed by atoms with Gasteiger partial charge in [0, 0.05) is 19.3 Å². The third-order valence-corrected chi connectivity index (χ3v) is 4.36. The normalized spacial score (nSPS) is 13.3. The molecule has 0 radical (unpaired) electrons. The van der Waals surface area contributed by atoms with Gasteiger partial charge in [-0.3, -0.25) is 14.6 Å². The smallest absolute Gasteiger partial charge is 0.287 e. The summed E-state index contributed by atoms with van der Waals surface area (Å²) < 4.78 is 1.89. The maximum Gasteiger partial charge on any atom is 0.287 e. The summed E-state index contributed by atoms with van der Waals surface area (Å²) >= 11 is 0. The molecule has 2 N–H and O–H groups in total.